The highest BCUT2D eigenvalue weighted by Crippen LogP contribution is 2.27. The van der Waals surface area contributed by atoms with Gasteiger partial charge in [0, 0.05) is 6.07 Å². The lowest BCUT2D eigenvalue weighted by Gasteiger charge is -2.25. The third-order valence-corrected chi connectivity index (χ3v) is 2.96. The number of furan rings is 1. The summed E-state index contributed by atoms with van der Waals surface area (Å²) < 4.78 is 10.8. The van der Waals surface area contributed by atoms with E-state index in [9.17, 15) is 4.79 Å². The van der Waals surface area contributed by atoms with E-state index in [-0.39, 0.29) is 6.10 Å². The van der Waals surface area contributed by atoms with Crippen LogP contribution in [0.5, 0.6) is 5.95 Å². The van der Waals surface area contributed by atoms with E-state index in [2.05, 4.69) is 6.92 Å². The van der Waals surface area contributed by atoms with Gasteiger partial charge in [-0.2, -0.15) is 0 Å². The molecule has 0 aromatic carbocycles. The summed E-state index contributed by atoms with van der Waals surface area (Å²) in [7, 11) is 0. The van der Waals surface area contributed by atoms with Crippen LogP contribution in [0.1, 0.15) is 43.2 Å². The minimum absolute atomic E-state index is 0.256. The van der Waals surface area contributed by atoms with Gasteiger partial charge in [0.05, 0.1) is 0 Å². The number of ether oxygens (including phenoxy) is 1. The third-order valence-electron chi connectivity index (χ3n) is 2.96. The molecule has 1 fully saturated rings. The molecule has 1 saturated carbocycles. The smallest absolute Gasteiger partial charge is 0.285 e. The Balaban J connectivity index is 1.88. The van der Waals surface area contributed by atoms with Crippen LogP contribution in [0.4, 0.5) is 0 Å². The van der Waals surface area contributed by atoms with Gasteiger partial charge in [0.15, 0.2) is 12.0 Å². The van der Waals surface area contributed by atoms with E-state index in [0.717, 1.165) is 18.8 Å². The van der Waals surface area contributed by atoms with E-state index in [0.29, 0.717) is 18.0 Å². The van der Waals surface area contributed by atoms with Gasteiger partial charge in [0.25, 0.3) is 5.95 Å². The molecule has 1 aromatic heterocycles. The van der Waals surface area contributed by atoms with Crippen LogP contribution in [0, 0.1) is 5.92 Å². The lowest BCUT2D eigenvalue weighted by Crippen LogP contribution is -2.22. The first-order valence-corrected chi connectivity index (χ1v) is 5.49. The fourth-order valence-electron chi connectivity index (χ4n) is 1.97. The van der Waals surface area contributed by atoms with Crippen LogP contribution in [0.3, 0.4) is 0 Å². The molecule has 0 saturated heterocycles. The third kappa shape index (κ3) is 2.61. The minimum Gasteiger partial charge on any atom is -0.462 e. The van der Waals surface area contributed by atoms with E-state index in [1.165, 1.54) is 12.8 Å². The maximum Gasteiger partial charge on any atom is 0.285 e. The topological polar surface area (TPSA) is 39.4 Å². The van der Waals surface area contributed by atoms with Crippen molar-refractivity contribution >= 4 is 6.29 Å². The Kier molecular flexibility index (Phi) is 3.09. The Bertz CT molecular complexity index is 321. The Hall–Kier alpha value is -1.25. The number of aldehydes is 1. The van der Waals surface area contributed by atoms with Crippen LogP contribution in [0.2, 0.25) is 0 Å². The molecule has 0 unspecified atom stereocenters. The van der Waals surface area contributed by atoms with Crippen LogP contribution < -0.4 is 4.74 Å². The number of hydrogen-bond acceptors (Lipinski definition) is 3. The van der Waals surface area contributed by atoms with Gasteiger partial charge in [0.1, 0.15) is 6.10 Å². The fraction of sp³-hybridized carbons (Fsp3) is 0.583. The summed E-state index contributed by atoms with van der Waals surface area (Å²) in [5, 5.41) is 0. The van der Waals surface area contributed by atoms with E-state index in [1.807, 2.05) is 0 Å². The zero-order valence-corrected chi connectivity index (χ0v) is 8.94. The first-order chi connectivity index (χ1) is 7.28. The molecule has 0 aliphatic heterocycles. The lowest BCUT2D eigenvalue weighted by atomic mass is 9.89. The van der Waals surface area contributed by atoms with Crippen molar-refractivity contribution in [2.75, 3.05) is 0 Å². The molecule has 0 amide bonds. The number of carbonyl (C=O) groups is 1. The minimum atomic E-state index is 0.256. The predicted octanol–water partition coefficient (Wildman–Crippen LogP) is 3.05. The fourth-order valence-corrected chi connectivity index (χ4v) is 1.97. The van der Waals surface area contributed by atoms with Gasteiger partial charge in [-0.3, -0.25) is 4.79 Å². The van der Waals surface area contributed by atoms with Crippen molar-refractivity contribution in [3.8, 4) is 5.95 Å². The maximum atomic E-state index is 10.4. The summed E-state index contributed by atoms with van der Waals surface area (Å²) in [5.41, 5.74) is 0. The van der Waals surface area contributed by atoms with Crippen molar-refractivity contribution in [1.29, 1.82) is 0 Å². The maximum absolute atomic E-state index is 10.4. The number of carbonyl (C=O) groups excluding carboxylic acids is 1. The van der Waals surface area contributed by atoms with Crippen LogP contribution in [-0.2, 0) is 0 Å². The zero-order valence-electron chi connectivity index (χ0n) is 8.94. The molecule has 0 spiro atoms. The van der Waals surface area contributed by atoms with Crippen molar-refractivity contribution < 1.29 is 13.9 Å². The molecule has 0 atom stereocenters. The van der Waals surface area contributed by atoms with Crippen LogP contribution >= 0.6 is 0 Å². The first-order valence-electron chi connectivity index (χ1n) is 5.49. The second-order valence-corrected chi connectivity index (χ2v) is 4.27. The Morgan fingerprint density at radius 3 is 2.67 bits per heavy atom. The summed E-state index contributed by atoms with van der Waals surface area (Å²) in [6, 6.07) is 3.34. The zero-order chi connectivity index (χ0) is 10.7. The van der Waals surface area contributed by atoms with E-state index in [4.69, 9.17) is 9.15 Å². The molecule has 2 rings (SSSR count). The van der Waals surface area contributed by atoms with Crippen molar-refractivity contribution in [2.45, 2.75) is 38.7 Å². The molecule has 1 aliphatic rings. The van der Waals surface area contributed by atoms with Crippen molar-refractivity contribution in [2.24, 2.45) is 5.92 Å². The quantitative estimate of drug-likeness (QED) is 0.717. The summed E-state index contributed by atoms with van der Waals surface area (Å²) >= 11 is 0. The van der Waals surface area contributed by atoms with Gasteiger partial charge < -0.3 is 9.15 Å². The molecular weight excluding hydrogens is 192 g/mol. The second-order valence-electron chi connectivity index (χ2n) is 4.27. The molecule has 1 aromatic rings. The molecule has 3 nitrogen and oxygen atoms in total. The number of hydrogen-bond donors (Lipinski definition) is 0. The summed E-state index contributed by atoms with van der Waals surface area (Å²) in [4.78, 5) is 10.4. The van der Waals surface area contributed by atoms with E-state index >= 15 is 0 Å². The SMILES string of the molecule is CC1CCC(Oc2ccc(C=O)o2)CC1. The average molecular weight is 208 g/mol. The molecule has 3 heteroatoms. The van der Waals surface area contributed by atoms with Gasteiger partial charge in [-0.1, -0.05) is 6.92 Å². The predicted molar refractivity (Wildman–Crippen MR) is 56.1 cm³/mol. The van der Waals surface area contributed by atoms with Gasteiger partial charge in [-0.05, 0) is 37.7 Å². The monoisotopic (exact) mass is 208 g/mol. The summed E-state index contributed by atoms with van der Waals surface area (Å²) in [6.07, 6.45) is 5.54. The van der Waals surface area contributed by atoms with Crippen LogP contribution in [0.15, 0.2) is 16.5 Å². The lowest BCUT2D eigenvalue weighted by molar-refractivity contribution is 0.0980. The Morgan fingerprint density at radius 1 is 1.33 bits per heavy atom. The first kappa shape index (κ1) is 10.3. The Morgan fingerprint density at radius 2 is 2.07 bits per heavy atom. The van der Waals surface area contributed by atoms with Crippen LogP contribution in [-0.4, -0.2) is 12.4 Å². The molecule has 1 heterocycles. The second kappa shape index (κ2) is 4.51. The molecule has 1 aliphatic carbocycles. The van der Waals surface area contributed by atoms with E-state index < -0.39 is 0 Å². The molecule has 15 heavy (non-hydrogen) atoms. The standard InChI is InChI=1S/C12H16O3/c1-9-2-4-10(5-3-9)14-12-7-6-11(8-13)15-12/h6-10H,2-5H2,1H3. The molecular formula is C12H16O3. The highest BCUT2D eigenvalue weighted by Gasteiger charge is 2.20. The van der Waals surface area contributed by atoms with Gasteiger partial charge in [-0.25, -0.2) is 0 Å². The highest BCUT2D eigenvalue weighted by molar-refractivity contribution is 5.70. The van der Waals surface area contributed by atoms with Crippen molar-refractivity contribution in [3.63, 3.8) is 0 Å². The van der Waals surface area contributed by atoms with Crippen molar-refractivity contribution in [3.05, 3.63) is 17.9 Å². The average Bonchev–Trinajstić information content (AvgIpc) is 2.69. The van der Waals surface area contributed by atoms with E-state index in [1.54, 1.807) is 12.1 Å². The largest absolute Gasteiger partial charge is 0.462 e. The Labute approximate surface area is 89.4 Å². The summed E-state index contributed by atoms with van der Waals surface area (Å²) in [6.45, 7) is 2.27. The molecule has 0 N–H and O–H groups in total. The van der Waals surface area contributed by atoms with Gasteiger partial charge in [-0.15, -0.1) is 0 Å². The molecule has 0 bridgehead atoms. The summed E-state index contributed by atoms with van der Waals surface area (Å²) in [5.74, 6) is 1.61. The van der Waals surface area contributed by atoms with Crippen LogP contribution in [0.25, 0.3) is 0 Å². The highest BCUT2D eigenvalue weighted by atomic mass is 16.6. The molecule has 82 valence electrons. The number of rotatable bonds is 3. The van der Waals surface area contributed by atoms with Gasteiger partial charge in [0.2, 0.25) is 0 Å². The normalized spacial score (nSPS) is 26.2. The molecule has 0 radical (unpaired) electrons. The van der Waals surface area contributed by atoms with Crippen molar-refractivity contribution in [1.82, 2.24) is 0 Å². The van der Waals surface area contributed by atoms with Gasteiger partial charge >= 0.3 is 0 Å².